The number of methoxy groups -OCH3 is 1. The Bertz CT molecular complexity index is 534. The minimum atomic E-state index is 0.488. The third-order valence-corrected chi connectivity index (χ3v) is 2.64. The second-order valence-corrected chi connectivity index (χ2v) is 4.12. The quantitative estimate of drug-likeness (QED) is 0.660. The lowest BCUT2D eigenvalue weighted by Gasteiger charge is -2.12. The molecule has 2 rings (SSSR count). The summed E-state index contributed by atoms with van der Waals surface area (Å²) in [6.07, 6.45) is 5.75. The number of nitrogens with zero attached hydrogens (tertiary/aromatic N) is 3. The van der Waals surface area contributed by atoms with Crippen LogP contribution in [0.1, 0.15) is 6.42 Å². The van der Waals surface area contributed by atoms with Gasteiger partial charge in [-0.1, -0.05) is 0 Å². The monoisotopic (exact) mass is 274 g/mol. The Labute approximate surface area is 117 Å². The molecular formula is C13H18N6O. The van der Waals surface area contributed by atoms with Gasteiger partial charge in [0.25, 0.3) is 0 Å². The normalized spacial score (nSPS) is 10.2. The molecule has 0 saturated carbocycles. The van der Waals surface area contributed by atoms with Gasteiger partial charge < -0.3 is 21.1 Å². The van der Waals surface area contributed by atoms with Crippen LogP contribution in [0.25, 0.3) is 0 Å². The molecule has 0 amide bonds. The van der Waals surface area contributed by atoms with Gasteiger partial charge in [0.05, 0.1) is 0 Å². The number of hydrogen-bond donors (Lipinski definition) is 3. The van der Waals surface area contributed by atoms with Gasteiger partial charge in [0.2, 0.25) is 0 Å². The molecule has 0 aliphatic heterocycles. The van der Waals surface area contributed by atoms with E-state index in [-0.39, 0.29) is 0 Å². The van der Waals surface area contributed by atoms with Gasteiger partial charge >= 0.3 is 0 Å². The Hall–Kier alpha value is -2.41. The molecule has 0 bridgehead atoms. The van der Waals surface area contributed by atoms with Gasteiger partial charge in [-0.15, -0.1) is 0 Å². The van der Waals surface area contributed by atoms with Gasteiger partial charge in [-0.05, 0) is 18.6 Å². The van der Waals surface area contributed by atoms with Gasteiger partial charge in [0.15, 0.2) is 11.6 Å². The number of anilines is 4. The van der Waals surface area contributed by atoms with E-state index in [4.69, 9.17) is 10.5 Å². The first kappa shape index (κ1) is 14.0. The number of nitrogens with two attached hydrogens (primary N) is 1. The number of rotatable bonds is 7. The largest absolute Gasteiger partial charge is 0.393 e. The molecule has 0 spiro atoms. The molecule has 0 atom stereocenters. The average molecular weight is 274 g/mol. The van der Waals surface area contributed by atoms with Crippen LogP contribution in [-0.4, -0.2) is 35.2 Å². The summed E-state index contributed by atoms with van der Waals surface area (Å²) in [7, 11) is 1.68. The van der Waals surface area contributed by atoms with Crippen LogP contribution < -0.4 is 16.4 Å². The molecule has 2 heterocycles. The smallest absolute Gasteiger partial charge is 0.159 e. The fourth-order valence-corrected chi connectivity index (χ4v) is 1.63. The molecule has 7 heteroatoms. The molecule has 0 radical (unpaired) electrons. The van der Waals surface area contributed by atoms with Gasteiger partial charge in [-0.2, -0.15) is 0 Å². The maximum Gasteiger partial charge on any atom is 0.159 e. The van der Waals surface area contributed by atoms with Crippen LogP contribution >= 0.6 is 0 Å². The average Bonchev–Trinajstić information content (AvgIpc) is 2.48. The van der Waals surface area contributed by atoms with Crippen LogP contribution in [0.15, 0.2) is 30.9 Å². The molecule has 2 aromatic heterocycles. The number of ether oxygens (including phenoxy) is 1. The van der Waals surface area contributed by atoms with Crippen LogP contribution in [0, 0.1) is 0 Å². The fourth-order valence-electron chi connectivity index (χ4n) is 1.63. The zero-order chi connectivity index (χ0) is 14.2. The minimum absolute atomic E-state index is 0.488. The summed E-state index contributed by atoms with van der Waals surface area (Å²) in [6, 6.07) is 3.68. The Morgan fingerprint density at radius 2 is 1.95 bits per heavy atom. The second-order valence-electron chi connectivity index (χ2n) is 4.12. The highest BCUT2D eigenvalue weighted by Gasteiger charge is 2.07. The Morgan fingerprint density at radius 1 is 1.20 bits per heavy atom. The van der Waals surface area contributed by atoms with Crippen LogP contribution in [0.2, 0.25) is 0 Å². The van der Waals surface area contributed by atoms with Crippen molar-refractivity contribution in [3.05, 3.63) is 30.9 Å². The summed E-state index contributed by atoms with van der Waals surface area (Å²) in [5.41, 5.74) is 7.41. The molecular weight excluding hydrogens is 256 g/mol. The van der Waals surface area contributed by atoms with E-state index in [1.807, 2.05) is 12.1 Å². The van der Waals surface area contributed by atoms with E-state index in [1.165, 1.54) is 6.33 Å². The molecule has 0 aliphatic carbocycles. The van der Waals surface area contributed by atoms with Crippen molar-refractivity contribution in [3.8, 4) is 0 Å². The first-order valence-electron chi connectivity index (χ1n) is 6.31. The highest BCUT2D eigenvalue weighted by atomic mass is 16.5. The van der Waals surface area contributed by atoms with Crippen molar-refractivity contribution >= 4 is 23.0 Å². The van der Waals surface area contributed by atoms with E-state index in [0.29, 0.717) is 23.9 Å². The van der Waals surface area contributed by atoms with Gasteiger partial charge in [-0.3, -0.25) is 4.98 Å². The molecule has 0 saturated heterocycles. The SMILES string of the molecule is COCCCNc1ncnc(Nc2ccncc2)c1N. The molecule has 0 aliphatic rings. The standard InChI is InChI=1S/C13H18N6O/c1-20-8-2-5-16-12-11(14)13(18-9-17-12)19-10-3-6-15-7-4-10/h3-4,6-7,9H,2,5,8,14H2,1H3,(H2,15,16,17,18,19). The van der Waals surface area contributed by atoms with E-state index in [1.54, 1.807) is 19.5 Å². The van der Waals surface area contributed by atoms with Gasteiger partial charge in [0, 0.05) is 38.3 Å². The second kappa shape index (κ2) is 7.25. The highest BCUT2D eigenvalue weighted by Crippen LogP contribution is 2.25. The van der Waals surface area contributed by atoms with Crippen molar-refractivity contribution in [2.75, 3.05) is 36.6 Å². The van der Waals surface area contributed by atoms with Crippen molar-refractivity contribution in [1.82, 2.24) is 15.0 Å². The van der Waals surface area contributed by atoms with Crippen molar-refractivity contribution in [1.29, 1.82) is 0 Å². The van der Waals surface area contributed by atoms with Crippen LogP contribution in [0.4, 0.5) is 23.0 Å². The maximum absolute atomic E-state index is 6.05. The number of hydrogen-bond acceptors (Lipinski definition) is 7. The van der Waals surface area contributed by atoms with E-state index in [9.17, 15) is 0 Å². The Kier molecular flexibility index (Phi) is 5.08. The third-order valence-electron chi connectivity index (χ3n) is 2.64. The molecule has 20 heavy (non-hydrogen) atoms. The summed E-state index contributed by atoms with van der Waals surface area (Å²) in [5, 5.41) is 6.30. The van der Waals surface area contributed by atoms with E-state index in [0.717, 1.165) is 18.7 Å². The van der Waals surface area contributed by atoms with Gasteiger partial charge in [-0.25, -0.2) is 9.97 Å². The lowest BCUT2D eigenvalue weighted by atomic mass is 10.3. The topological polar surface area (TPSA) is 98.0 Å². The first-order chi connectivity index (χ1) is 9.81. The van der Waals surface area contributed by atoms with E-state index >= 15 is 0 Å². The van der Waals surface area contributed by atoms with Crippen molar-refractivity contribution < 1.29 is 4.74 Å². The number of pyridine rings is 1. The fraction of sp³-hybridized carbons (Fsp3) is 0.308. The minimum Gasteiger partial charge on any atom is -0.393 e. The van der Waals surface area contributed by atoms with E-state index in [2.05, 4.69) is 25.6 Å². The van der Waals surface area contributed by atoms with Crippen LogP contribution in [0.5, 0.6) is 0 Å². The molecule has 0 fully saturated rings. The Balaban J connectivity index is 2.03. The summed E-state index contributed by atoms with van der Waals surface area (Å²) < 4.78 is 4.99. The number of nitrogen functional groups attached to an aromatic ring is 1. The van der Waals surface area contributed by atoms with Crippen LogP contribution in [0.3, 0.4) is 0 Å². The number of aromatic nitrogens is 3. The van der Waals surface area contributed by atoms with Crippen molar-refractivity contribution in [2.45, 2.75) is 6.42 Å². The predicted molar refractivity (Wildman–Crippen MR) is 78.9 cm³/mol. The summed E-state index contributed by atoms with van der Waals surface area (Å²) in [6.45, 7) is 1.43. The number of nitrogens with one attached hydrogen (secondary N) is 2. The van der Waals surface area contributed by atoms with Crippen LogP contribution in [-0.2, 0) is 4.74 Å². The predicted octanol–water partition coefficient (Wildman–Crippen LogP) is 1.65. The lowest BCUT2D eigenvalue weighted by Crippen LogP contribution is -2.10. The van der Waals surface area contributed by atoms with Crippen molar-refractivity contribution in [3.63, 3.8) is 0 Å². The molecule has 0 unspecified atom stereocenters. The highest BCUT2D eigenvalue weighted by molar-refractivity contribution is 5.77. The summed E-state index contributed by atoms with van der Waals surface area (Å²) >= 11 is 0. The molecule has 106 valence electrons. The Morgan fingerprint density at radius 3 is 2.70 bits per heavy atom. The molecule has 0 aromatic carbocycles. The molecule has 2 aromatic rings. The van der Waals surface area contributed by atoms with E-state index < -0.39 is 0 Å². The van der Waals surface area contributed by atoms with Gasteiger partial charge in [0.1, 0.15) is 12.0 Å². The molecule has 4 N–H and O–H groups in total. The maximum atomic E-state index is 6.05. The summed E-state index contributed by atoms with van der Waals surface area (Å²) in [4.78, 5) is 12.2. The first-order valence-corrected chi connectivity index (χ1v) is 6.31. The lowest BCUT2D eigenvalue weighted by molar-refractivity contribution is 0.198. The van der Waals surface area contributed by atoms with Crippen molar-refractivity contribution in [2.24, 2.45) is 0 Å². The molecule has 7 nitrogen and oxygen atoms in total. The zero-order valence-electron chi connectivity index (χ0n) is 11.3. The summed E-state index contributed by atoms with van der Waals surface area (Å²) in [5.74, 6) is 1.19. The third kappa shape index (κ3) is 3.79. The zero-order valence-corrected chi connectivity index (χ0v) is 11.3.